The summed E-state index contributed by atoms with van der Waals surface area (Å²) in [6, 6.07) is 12.8. The predicted octanol–water partition coefficient (Wildman–Crippen LogP) is 5.94. The number of hydrogen-bond donors (Lipinski definition) is 3. The maximum atomic E-state index is 4.67. The fraction of sp³-hybridized carbons (Fsp3) is 0.267. The number of H-pyrrole nitrogens is 2. The van der Waals surface area contributed by atoms with Crippen molar-refractivity contribution in [1.82, 2.24) is 40.0 Å². The molecule has 0 spiro atoms. The van der Waals surface area contributed by atoms with E-state index in [0.29, 0.717) is 0 Å². The van der Waals surface area contributed by atoms with Crippen molar-refractivity contribution in [2.75, 3.05) is 6.54 Å². The van der Waals surface area contributed by atoms with Gasteiger partial charge in [-0.1, -0.05) is 18.9 Å². The molecule has 0 atom stereocenters. The lowest BCUT2D eigenvalue weighted by molar-refractivity contribution is 0.489. The summed E-state index contributed by atoms with van der Waals surface area (Å²) in [5.74, 6) is 0.827. The average Bonchev–Trinajstić information content (AvgIpc) is 3.74. The maximum absolute atomic E-state index is 4.67. The lowest BCUT2D eigenvalue weighted by Gasteiger charge is -2.11. The molecule has 8 heteroatoms. The van der Waals surface area contributed by atoms with E-state index in [1.807, 2.05) is 48.7 Å². The number of aromatic amines is 2. The van der Waals surface area contributed by atoms with Crippen LogP contribution >= 0.6 is 0 Å². The SMILES string of the molecule is Cc1cn(-c2ccnc3[nH]c(-c4n[nH]c5ccc(-c6cncc(CNCC7CCCC7)c6)cc45)cc23)cn1. The van der Waals surface area contributed by atoms with Gasteiger partial charge in [0.25, 0.3) is 0 Å². The van der Waals surface area contributed by atoms with Crippen LogP contribution in [-0.4, -0.2) is 41.2 Å². The summed E-state index contributed by atoms with van der Waals surface area (Å²) in [4.78, 5) is 17.0. The molecule has 1 fully saturated rings. The second-order valence-corrected chi connectivity index (χ2v) is 10.4. The van der Waals surface area contributed by atoms with Gasteiger partial charge in [-0.3, -0.25) is 10.1 Å². The fourth-order valence-electron chi connectivity index (χ4n) is 5.69. The molecule has 38 heavy (non-hydrogen) atoms. The molecule has 7 rings (SSSR count). The highest BCUT2D eigenvalue weighted by atomic mass is 15.1. The van der Waals surface area contributed by atoms with Crippen LogP contribution in [-0.2, 0) is 6.54 Å². The van der Waals surface area contributed by atoms with Gasteiger partial charge < -0.3 is 14.9 Å². The summed E-state index contributed by atoms with van der Waals surface area (Å²) < 4.78 is 2.03. The summed E-state index contributed by atoms with van der Waals surface area (Å²) in [5.41, 5.74) is 9.03. The summed E-state index contributed by atoms with van der Waals surface area (Å²) in [6.07, 6.45) is 15.0. The van der Waals surface area contributed by atoms with E-state index in [-0.39, 0.29) is 0 Å². The molecule has 5 aromatic heterocycles. The Morgan fingerprint density at radius 2 is 1.92 bits per heavy atom. The van der Waals surface area contributed by atoms with Crippen LogP contribution in [0.3, 0.4) is 0 Å². The molecule has 0 aliphatic heterocycles. The zero-order chi connectivity index (χ0) is 25.5. The molecule has 0 saturated heterocycles. The van der Waals surface area contributed by atoms with Crippen LogP contribution < -0.4 is 5.32 Å². The molecule has 1 aromatic carbocycles. The van der Waals surface area contributed by atoms with E-state index in [1.165, 1.54) is 31.2 Å². The minimum absolute atomic E-state index is 0.818. The van der Waals surface area contributed by atoms with Crippen molar-refractivity contribution < 1.29 is 0 Å². The number of hydrogen-bond acceptors (Lipinski definition) is 5. The molecule has 1 saturated carbocycles. The molecule has 6 aromatic rings. The van der Waals surface area contributed by atoms with Crippen molar-refractivity contribution in [1.29, 1.82) is 0 Å². The largest absolute Gasteiger partial charge is 0.338 e. The van der Waals surface area contributed by atoms with E-state index in [2.05, 4.69) is 65.8 Å². The number of nitrogens with zero attached hydrogens (tertiary/aromatic N) is 5. The number of benzene rings is 1. The van der Waals surface area contributed by atoms with Gasteiger partial charge >= 0.3 is 0 Å². The Bertz CT molecular complexity index is 1730. The molecule has 0 bridgehead atoms. The second kappa shape index (κ2) is 9.54. The number of rotatable bonds is 7. The van der Waals surface area contributed by atoms with Gasteiger partial charge in [0.1, 0.15) is 11.3 Å². The third-order valence-corrected chi connectivity index (χ3v) is 7.68. The predicted molar refractivity (Wildman–Crippen MR) is 150 cm³/mol. The van der Waals surface area contributed by atoms with Crippen LogP contribution in [0.25, 0.3) is 50.1 Å². The summed E-state index contributed by atoms with van der Waals surface area (Å²) in [6.45, 7) is 3.93. The van der Waals surface area contributed by atoms with Crippen LogP contribution in [0.1, 0.15) is 36.9 Å². The number of aromatic nitrogens is 7. The van der Waals surface area contributed by atoms with Gasteiger partial charge in [-0.15, -0.1) is 0 Å². The number of aryl methyl sites for hydroxylation is 1. The molecule has 190 valence electrons. The highest BCUT2D eigenvalue weighted by Crippen LogP contribution is 2.33. The van der Waals surface area contributed by atoms with E-state index < -0.39 is 0 Å². The number of nitrogens with one attached hydrogen (secondary N) is 3. The minimum Gasteiger partial charge on any atom is -0.338 e. The first-order valence-corrected chi connectivity index (χ1v) is 13.3. The first-order valence-electron chi connectivity index (χ1n) is 13.3. The molecule has 0 radical (unpaired) electrons. The zero-order valence-corrected chi connectivity index (χ0v) is 21.4. The van der Waals surface area contributed by atoms with Gasteiger partial charge in [0.2, 0.25) is 0 Å². The van der Waals surface area contributed by atoms with Crippen LogP contribution in [0.5, 0.6) is 0 Å². The standard InChI is InChI=1S/C30H30N8/c1-19-17-38(18-34-19)28-8-9-33-30-25(28)12-27(35-30)29-24-11-22(6-7-26(24)36-37-29)23-10-21(15-32-16-23)14-31-13-20-4-2-3-5-20/h6-12,15-18,20,31H,2-5,13-14H2,1H3,(H,33,35)(H,36,37). The van der Waals surface area contributed by atoms with Crippen molar-refractivity contribution in [2.45, 2.75) is 39.2 Å². The molecular formula is C30H30N8. The van der Waals surface area contributed by atoms with Gasteiger partial charge in [-0.05, 0) is 73.7 Å². The zero-order valence-electron chi connectivity index (χ0n) is 21.4. The lowest BCUT2D eigenvalue weighted by Crippen LogP contribution is -2.20. The first kappa shape index (κ1) is 22.9. The molecule has 0 amide bonds. The number of fused-ring (bicyclic) bond motifs is 2. The van der Waals surface area contributed by atoms with Gasteiger partial charge in [0.05, 0.1) is 28.9 Å². The topological polar surface area (TPSA) is 100 Å². The third-order valence-electron chi connectivity index (χ3n) is 7.68. The van der Waals surface area contributed by atoms with Gasteiger partial charge in [-0.2, -0.15) is 5.10 Å². The number of imidazole rings is 1. The lowest BCUT2D eigenvalue weighted by atomic mass is 10.0. The smallest absolute Gasteiger partial charge is 0.139 e. The Balaban J connectivity index is 1.20. The Morgan fingerprint density at radius 3 is 2.79 bits per heavy atom. The van der Waals surface area contributed by atoms with E-state index in [9.17, 15) is 0 Å². The summed E-state index contributed by atoms with van der Waals surface area (Å²) in [7, 11) is 0. The summed E-state index contributed by atoms with van der Waals surface area (Å²) >= 11 is 0. The van der Waals surface area contributed by atoms with Gasteiger partial charge in [-0.25, -0.2) is 9.97 Å². The summed E-state index contributed by atoms with van der Waals surface area (Å²) in [5, 5.41) is 13.6. The molecule has 3 N–H and O–H groups in total. The monoisotopic (exact) mass is 502 g/mol. The van der Waals surface area contributed by atoms with Crippen LogP contribution in [0, 0.1) is 12.8 Å². The molecule has 0 unspecified atom stereocenters. The normalized spacial score (nSPS) is 14.2. The van der Waals surface area contributed by atoms with Crippen molar-refractivity contribution in [3.8, 4) is 28.2 Å². The van der Waals surface area contributed by atoms with E-state index >= 15 is 0 Å². The van der Waals surface area contributed by atoms with Crippen molar-refractivity contribution in [3.63, 3.8) is 0 Å². The average molecular weight is 503 g/mol. The van der Waals surface area contributed by atoms with Gasteiger partial charge in [0.15, 0.2) is 0 Å². The Hall–Kier alpha value is -4.30. The van der Waals surface area contributed by atoms with Crippen LogP contribution in [0.4, 0.5) is 0 Å². The van der Waals surface area contributed by atoms with Crippen LogP contribution in [0.15, 0.2) is 67.5 Å². The van der Waals surface area contributed by atoms with Crippen molar-refractivity contribution >= 4 is 21.9 Å². The number of pyridine rings is 2. The van der Waals surface area contributed by atoms with E-state index in [4.69, 9.17) is 0 Å². The molecule has 5 heterocycles. The highest BCUT2D eigenvalue weighted by molar-refractivity contribution is 5.98. The molecule has 1 aliphatic carbocycles. The second-order valence-electron chi connectivity index (χ2n) is 10.4. The Labute approximate surface area is 220 Å². The van der Waals surface area contributed by atoms with Crippen molar-refractivity contribution in [3.05, 3.63) is 78.8 Å². The van der Waals surface area contributed by atoms with E-state index in [0.717, 1.165) is 74.8 Å². The Morgan fingerprint density at radius 1 is 1.00 bits per heavy atom. The molecular weight excluding hydrogens is 472 g/mol. The van der Waals surface area contributed by atoms with E-state index in [1.54, 1.807) is 0 Å². The maximum Gasteiger partial charge on any atom is 0.139 e. The minimum atomic E-state index is 0.818. The van der Waals surface area contributed by atoms with Gasteiger partial charge in [0, 0.05) is 47.7 Å². The fourth-order valence-corrected chi connectivity index (χ4v) is 5.69. The highest BCUT2D eigenvalue weighted by Gasteiger charge is 2.16. The molecule has 1 aliphatic rings. The van der Waals surface area contributed by atoms with Crippen molar-refractivity contribution in [2.24, 2.45) is 5.92 Å². The van der Waals surface area contributed by atoms with Crippen LogP contribution in [0.2, 0.25) is 0 Å². The quantitative estimate of drug-likeness (QED) is 0.251. The first-order chi connectivity index (χ1) is 18.7. The molecule has 8 nitrogen and oxygen atoms in total. The third kappa shape index (κ3) is 4.26. The Kier molecular flexibility index (Phi) is 5.74.